The molecule has 0 saturated carbocycles. The monoisotopic (exact) mass is 291 g/mol. The maximum absolute atomic E-state index is 10.2. The van der Waals surface area contributed by atoms with E-state index in [0.29, 0.717) is 19.1 Å². The molecule has 3 heteroatoms. The Morgan fingerprint density at radius 2 is 2.10 bits per heavy atom. The molecule has 2 unspecified atom stereocenters. The maximum Gasteiger partial charge on any atom is 0.142 e. The molecule has 1 aliphatic heterocycles. The van der Waals surface area contributed by atoms with E-state index in [1.165, 1.54) is 11.3 Å². The zero-order valence-electron chi connectivity index (χ0n) is 14.0. The molecule has 0 spiro atoms. The van der Waals surface area contributed by atoms with E-state index in [9.17, 15) is 5.11 Å². The number of hydrogen-bond donors (Lipinski definition) is 1. The molecular formula is C18H29NO2. The van der Waals surface area contributed by atoms with Crippen molar-refractivity contribution >= 4 is 5.69 Å². The lowest BCUT2D eigenvalue weighted by molar-refractivity contribution is 0.164. The second-order valence-corrected chi connectivity index (χ2v) is 6.72. The summed E-state index contributed by atoms with van der Waals surface area (Å²) in [7, 11) is 0. The quantitative estimate of drug-likeness (QED) is 0.891. The Hall–Kier alpha value is -1.22. The van der Waals surface area contributed by atoms with E-state index in [-0.39, 0.29) is 11.6 Å². The van der Waals surface area contributed by atoms with Gasteiger partial charge in [0, 0.05) is 12.1 Å². The third-order valence-electron chi connectivity index (χ3n) is 4.53. The van der Waals surface area contributed by atoms with Crippen LogP contribution in [0, 0.1) is 0 Å². The number of para-hydroxylation sites is 1. The number of hydrogen-bond acceptors (Lipinski definition) is 3. The van der Waals surface area contributed by atoms with Crippen LogP contribution in [0.25, 0.3) is 0 Å². The van der Waals surface area contributed by atoms with Crippen LogP contribution in [0.2, 0.25) is 0 Å². The summed E-state index contributed by atoms with van der Waals surface area (Å²) in [5, 5.41) is 10.2. The number of benzene rings is 1. The van der Waals surface area contributed by atoms with Gasteiger partial charge in [-0.1, -0.05) is 26.0 Å². The van der Waals surface area contributed by atoms with Crippen molar-refractivity contribution in [3.63, 3.8) is 0 Å². The van der Waals surface area contributed by atoms with Crippen LogP contribution in [0.15, 0.2) is 18.2 Å². The molecule has 1 N–H and O–H groups in total. The summed E-state index contributed by atoms with van der Waals surface area (Å²) in [6.45, 7) is 12.2. The van der Waals surface area contributed by atoms with Crippen molar-refractivity contribution in [1.29, 1.82) is 0 Å². The van der Waals surface area contributed by atoms with E-state index in [4.69, 9.17) is 4.74 Å². The highest BCUT2D eigenvalue weighted by Gasteiger charge is 2.38. The van der Waals surface area contributed by atoms with E-state index in [0.717, 1.165) is 18.6 Å². The molecule has 1 aromatic carbocycles. The summed E-state index contributed by atoms with van der Waals surface area (Å²) in [5.74, 6) is 1.45. The van der Waals surface area contributed by atoms with Crippen LogP contribution in [0.5, 0.6) is 5.75 Å². The fourth-order valence-corrected chi connectivity index (χ4v) is 3.45. The van der Waals surface area contributed by atoms with E-state index < -0.39 is 0 Å². The second kappa shape index (κ2) is 6.27. The van der Waals surface area contributed by atoms with Crippen molar-refractivity contribution in [3.05, 3.63) is 23.8 Å². The van der Waals surface area contributed by atoms with Gasteiger partial charge in [0.05, 0.1) is 18.4 Å². The van der Waals surface area contributed by atoms with Gasteiger partial charge in [0.1, 0.15) is 5.75 Å². The van der Waals surface area contributed by atoms with Crippen molar-refractivity contribution in [2.24, 2.45) is 0 Å². The van der Waals surface area contributed by atoms with Crippen molar-refractivity contribution in [3.8, 4) is 5.75 Å². The van der Waals surface area contributed by atoms with Crippen LogP contribution in [0.4, 0.5) is 5.69 Å². The third kappa shape index (κ3) is 3.18. The second-order valence-electron chi connectivity index (χ2n) is 6.72. The van der Waals surface area contributed by atoms with Gasteiger partial charge in [0.2, 0.25) is 0 Å². The molecule has 0 amide bonds. The van der Waals surface area contributed by atoms with Gasteiger partial charge in [0.15, 0.2) is 0 Å². The Balaban J connectivity index is 2.50. The highest BCUT2D eigenvalue weighted by molar-refractivity contribution is 5.68. The first kappa shape index (κ1) is 16.2. The molecule has 21 heavy (non-hydrogen) atoms. The largest absolute Gasteiger partial charge is 0.492 e. The highest BCUT2D eigenvalue weighted by Crippen LogP contribution is 2.47. The minimum absolute atomic E-state index is 0.0236. The van der Waals surface area contributed by atoms with Crippen molar-refractivity contribution < 1.29 is 9.84 Å². The fraction of sp³-hybridized carbons (Fsp3) is 0.667. The standard InChI is InChI=1S/C18H29NO2/c1-6-14(20)12-19-17-15(13(3)11-18(19,4)5)9-8-10-16(17)21-7-2/h8-10,13-14,20H,6-7,11-12H2,1-5H3. The van der Waals surface area contributed by atoms with Crippen molar-refractivity contribution in [2.45, 2.75) is 65.0 Å². The van der Waals surface area contributed by atoms with E-state index >= 15 is 0 Å². The summed E-state index contributed by atoms with van der Waals surface area (Å²) in [4.78, 5) is 2.35. The molecule has 1 aliphatic rings. The molecule has 2 atom stereocenters. The number of rotatable bonds is 5. The first-order chi connectivity index (χ1) is 9.90. The molecule has 2 rings (SSSR count). The summed E-state index contributed by atoms with van der Waals surface area (Å²) < 4.78 is 5.87. The molecule has 0 bridgehead atoms. The number of ether oxygens (including phenoxy) is 1. The topological polar surface area (TPSA) is 32.7 Å². The van der Waals surface area contributed by atoms with Crippen LogP contribution in [0.1, 0.15) is 58.9 Å². The van der Waals surface area contributed by atoms with Gasteiger partial charge in [-0.3, -0.25) is 0 Å². The predicted octanol–water partition coefficient (Wildman–Crippen LogP) is 3.95. The zero-order chi connectivity index (χ0) is 15.6. The first-order valence-electron chi connectivity index (χ1n) is 8.12. The maximum atomic E-state index is 10.2. The van der Waals surface area contributed by atoms with Gasteiger partial charge in [-0.15, -0.1) is 0 Å². The third-order valence-corrected chi connectivity index (χ3v) is 4.53. The number of anilines is 1. The van der Waals surface area contributed by atoms with Crippen LogP contribution in [0.3, 0.4) is 0 Å². The normalized spacial score (nSPS) is 21.8. The SMILES string of the molecule is CCOc1cccc2c1N(CC(O)CC)C(C)(C)CC2C. The van der Waals surface area contributed by atoms with Crippen LogP contribution in [-0.4, -0.2) is 29.9 Å². The van der Waals surface area contributed by atoms with Crippen LogP contribution < -0.4 is 9.64 Å². The van der Waals surface area contributed by atoms with Gasteiger partial charge in [0.25, 0.3) is 0 Å². The van der Waals surface area contributed by atoms with Crippen LogP contribution in [-0.2, 0) is 0 Å². The Kier molecular flexibility index (Phi) is 4.82. The van der Waals surface area contributed by atoms with Gasteiger partial charge < -0.3 is 14.7 Å². The minimum atomic E-state index is -0.305. The molecule has 1 heterocycles. The van der Waals surface area contributed by atoms with Crippen molar-refractivity contribution in [2.75, 3.05) is 18.1 Å². The molecule has 118 valence electrons. The van der Waals surface area contributed by atoms with E-state index in [2.05, 4.69) is 37.8 Å². The lowest BCUT2D eigenvalue weighted by Gasteiger charge is -2.48. The Labute approximate surface area is 128 Å². The summed E-state index contributed by atoms with van der Waals surface area (Å²) >= 11 is 0. The molecule has 0 aliphatic carbocycles. The predicted molar refractivity (Wildman–Crippen MR) is 88.4 cm³/mol. The number of aliphatic hydroxyl groups is 1. The molecule has 1 aromatic rings. The summed E-state index contributed by atoms with van der Waals surface area (Å²) in [6.07, 6.45) is 1.56. The molecular weight excluding hydrogens is 262 g/mol. The lowest BCUT2D eigenvalue weighted by atomic mass is 9.79. The van der Waals surface area contributed by atoms with E-state index in [1.54, 1.807) is 0 Å². The molecule has 0 saturated heterocycles. The van der Waals surface area contributed by atoms with Gasteiger partial charge in [-0.25, -0.2) is 0 Å². The number of β-amino-alcohol motifs (C(OH)–C–C–N with tert-alkyl or cyclic N) is 1. The molecule has 0 radical (unpaired) electrons. The highest BCUT2D eigenvalue weighted by atomic mass is 16.5. The Bertz CT molecular complexity index is 484. The molecule has 0 fully saturated rings. The number of nitrogens with zero attached hydrogens (tertiary/aromatic N) is 1. The Morgan fingerprint density at radius 3 is 2.71 bits per heavy atom. The Morgan fingerprint density at radius 1 is 1.38 bits per heavy atom. The minimum Gasteiger partial charge on any atom is -0.492 e. The average molecular weight is 291 g/mol. The van der Waals surface area contributed by atoms with Gasteiger partial charge >= 0.3 is 0 Å². The summed E-state index contributed by atoms with van der Waals surface area (Å²) in [5.41, 5.74) is 2.54. The van der Waals surface area contributed by atoms with Gasteiger partial charge in [-0.05, 0) is 51.2 Å². The van der Waals surface area contributed by atoms with Gasteiger partial charge in [-0.2, -0.15) is 0 Å². The molecule has 3 nitrogen and oxygen atoms in total. The average Bonchev–Trinajstić information content (AvgIpc) is 2.43. The van der Waals surface area contributed by atoms with E-state index in [1.807, 2.05) is 19.9 Å². The summed E-state index contributed by atoms with van der Waals surface area (Å²) in [6, 6.07) is 6.32. The lowest BCUT2D eigenvalue weighted by Crippen LogP contribution is -2.51. The zero-order valence-corrected chi connectivity index (χ0v) is 14.0. The molecule has 0 aromatic heterocycles. The van der Waals surface area contributed by atoms with Crippen LogP contribution >= 0.6 is 0 Å². The number of aliphatic hydroxyl groups excluding tert-OH is 1. The smallest absolute Gasteiger partial charge is 0.142 e. The first-order valence-corrected chi connectivity index (χ1v) is 8.12. The fourth-order valence-electron chi connectivity index (χ4n) is 3.45. The number of fused-ring (bicyclic) bond motifs is 1. The van der Waals surface area contributed by atoms with Crippen molar-refractivity contribution in [1.82, 2.24) is 0 Å².